The molecule has 6 nitrogen and oxygen atoms in total. The second-order valence-corrected chi connectivity index (χ2v) is 5.08. The van der Waals surface area contributed by atoms with Gasteiger partial charge in [0, 0.05) is 12.7 Å². The van der Waals surface area contributed by atoms with Gasteiger partial charge in [0.2, 0.25) is 11.8 Å². The van der Waals surface area contributed by atoms with Crippen molar-refractivity contribution in [2.75, 3.05) is 5.75 Å². The molecule has 0 spiro atoms. The Morgan fingerprint density at radius 2 is 2.24 bits per heavy atom. The molecule has 0 aromatic heterocycles. The van der Waals surface area contributed by atoms with E-state index in [0.29, 0.717) is 12.2 Å². The standard InChI is InChI=1S/C10H12N2O4S/c1-5-4-17-8-3-7(14)12(8)9(5)10(15)16-11-6(2)13/h8H,3-4H2,1-2H3,(H,11,13)/t8-/m0/s1. The summed E-state index contributed by atoms with van der Waals surface area (Å²) < 4.78 is 0. The number of carbonyl (C=O) groups is 3. The van der Waals surface area contributed by atoms with Crippen LogP contribution in [-0.2, 0) is 19.2 Å². The minimum atomic E-state index is -0.684. The van der Waals surface area contributed by atoms with Crippen molar-refractivity contribution >= 4 is 29.5 Å². The number of nitrogens with one attached hydrogen (secondary N) is 1. The van der Waals surface area contributed by atoms with Crippen molar-refractivity contribution in [3.63, 3.8) is 0 Å². The summed E-state index contributed by atoms with van der Waals surface area (Å²) in [6.45, 7) is 3.02. The summed E-state index contributed by atoms with van der Waals surface area (Å²) in [6.07, 6.45) is 0.453. The number of hydrogen-bond donors (Lipinski definition) is 1. The van der Waals surface area contributed by atoms with Crippen LogP contribution >= 0.6 is 11.8 Å². The molecule has 2 aliphatic rings. The molecule has 1 fully saturated rings. The van der Waals surface area contributed by atoms with E-state index in [9.17, 15) is 14.4 Å². The number of fused-ring (bicyclic) bond motifs is 1. The highest BCUT2D eigenvalue weighted by Crippen LogP contribution is 2.39. The van der Waals surface area contributed by atoms with Crippen LogP contribution in [0.2, 0.25) is 0 Å². The van der Waals surface area contributed by atoms with E-state index < -0.39 is 11.9 Å². The van der Waals surface area contributed by atoms with Crippen molar-refractivity contribution in [2.45, 2.75) is 25.6 Å². The topological polar surface area (TPSA) is 75.7 Å². The SMILES string of the molecule is CC(=O)NOC(=O)C1=C(C)CS[C@H]2CC(=O)N12. The smallest absolute Gasteiger partial charge is 0.334 e. The van der Waals surface area contributed by atoms with E-state index in [0.717, 1.165) is 5.57 Å². The summed E-state index contributed by atoms with van der Waals surface area (Å²) in [7, 11) is 0. The molecule has 92 valence electrons. The molecule has 1 saturated heterocycles. The van der Waals surface area contributed by atoms with Gasteiger partial charge in [-0.1, -0.05) is 0 Å². The fourth-order valence-corrected chi connectivity index (χ4v) is 2.94. The number of hydroxylamine groups is 1. The molecule has 17 heavy (non-hydrogen) atoms. The van der Waals surface area contributed by atoms with E-state index in [1.165, 1.54) is 11.8 Å². The van der Waals surface area contributed by atoms with Gasteiger partial charge < -0.3 is 4.84 Å². The summed E-state index contributed by atoms with van der Waals surface area (Å²) in [5.41, 5.74) is 3.02. The van der Waals surface area contributed by atoms with E-state index in [1.54, 1.807) is 18.7 Å². The van der Waals surface area contributed by atoms with E-state index in [1.807, 2.05) is 5.48 Å². The molecule has 0 radical (unpaired) electrons. The van der Waals surface area contributed by atoms with Gasteiger partial charge in [0.05, 0.1) is 11.8 Å². The third kappa shape index (κ3) is 2.14. The highest BCUT2D eigenvalue weighted by atomic mass is 32.2. The van der Waals surface area contributed by atoms with Gasteiger partial charge in [0.25, 0.3) is 0 Å². The Morgan fingerprint density at radius 1 is 1.53 bits per heavy atom. The fraction of sp³-hybridized carbons (Fsp3) is 0.500. The predicted octanol–water partition coefficient (Wildman–Crippen LogP) is 0.160. The van der Waals surface area contributed by atoms with Crippen LogP contribution < -0.4 is 5.48 Å². The average molecular weight is 256 g/mol. The second kappa shape index (κ2) is 4.40. The lowest BCUT2D eigenvalue weighted by molar-refractivity contribution is -0.158. The molecule has 0 aliphatic carbocycles. The maximum Gasteiger partial charge on any atom is 0.379 e. The van der Waals surface area contributed by atoms with Crippen molar-refractivity contribution in [1.82, 2.24) is 10.4 Å². The van der Waals surface area contributed by atoms with Gasteiger partial charge in [-0.2, -0.15) is 5.48 Å². The van der Waals surface area contributed by atoms with E-state index in [2.05, 4.69) is 4.84 Å². The monoisotopic (exact) mass is 256 g/mol. The molecule has 0 aromatic rings. The van der Waals surface area contributed by atoms with Crippen LogP contribution in [0.5, 0.6) is 0 Å². The number of hydrogen-bond acceptors (Lipinski definition) is 5. The van der Waals surface area contributed by atoms with Gasteiger partial charge in [0.15, 0.2) is 0 Å². The Labute approximate surface area is 102 Å². The Bertz CT molecular complexity index is 432. The first kappa shape index (κ1) is 12.0. The molecule has 2 rings (SSSR count). The van der Waals surface area contributed by atoms with Crippen LogP contribution in [0.3, 0.4) is 0 Å². The predicted molar refractivity (Wildman–Crippen MR) is 60.3 cm³/mol. The molecule has 0 bridgehead atoms. The molecular formula is C10H12N2O4S. The Morgan fingerprint density at radius 3 is 2.82 bits per heavy atom. The lowest BCUT2D eigenvalue weighted by atomic mass is 10.1. The van der Waals surface area contributed by atoms with E-state index in [-0.39, 0.29) is 17.0 Å². The molecule has 0 unspecified atom stereocenters. The largest absolute Gasteiger partial charge is 0.379 e. The van der Waals surface area contributed by atoms with Crippen molar-refractivity contribution in [3.05, 3.63) is 11.3 Å². The summed E-state index contributed by atoms with van der Waals surface area (Å²) in [4.78, 5) is 39.9. The molecule has 2 amide bonds. The van der Waals surface area contributed by atoms with Crippen LogP contribution in [0.25, 0.3) is 0 Å². The lowest BCUT2D eigenvalue weighted by Gasteiger charge is -2.43. The number of amides is 2. The van der Waals surface area contributed by atoms with Crippen molar-refractivity contribution < 1.29 is 19.2 Å². The summed E-state index contributed by atoms with van der Waals surface area (Å²) in [5.74, 6) is -0.542. The molecule has 1 atom stereocenters. The first-order valence-electron chi connectivity index (χ1n) is 5.12. The number of rotatable bonds is 1. The van der Waals surface area contributed by atoms with Crippen LogP contribution in [0.4, 0.5) is 0 Å². The second-order valence-electron chi connectivity index (χ2n) is 3.91. The Balaban J connectivity index is 2.13. The maximum absolute atomic E-state index is 11.8. The van der Waals surface area contributed by atoms with E-state index in [4.69, 9.17) is 0 Å². The lowest BCUT2D eigenvalue weighted by Crippen LogP contribution is -2.54. The normalized spacial score (nSPS) is 22.8. The number of carbonyl (C=O) groups excluding carboxylic acids is 3. The zero-order chi connectivity index (χ0) is 12.6. The number of thioether (sulfide) groups is 1. The van der Waals surface area contributed by atoms with Gasteiger partial charge in [-0.3, -0.25) is 14.5 Å². The zero-order valence-corrected chi connectivity index (χ0v) is 10.3. The highest BCUT2D eigenvalue weighted by Gasteiger charge is 2.45. The summed E-state index contributed by atoms with van der Waals surface area (Å²) in [6, 6.07) is 0. The minimum Gasteiger partial charge on any atom is -0.334 e. The molecule has 2 aliphatic heterocycles. The third-order valence-electron chi connectivity index (χ3n) is 2.52. The Hall–Kier alpha value is -1.50. The first-order valence-corrected chi connectivity index (χ1v) is 6.16. The third-order valence-corrected chi connectivity index (χ3v) is 3.89. The average Bonchev–Trinajstić information content (AvgIpc) is 2.26. The molecule has 0 saturated carbocycles. The molecule has 2 heterocycles. The maximum atomic E-state index is 11.8. The highest BCUT2D eigenvalue weighted by molar-refractivity contribution is 8.00. The van der Waals surface area contributed by atoms with Crippen molar-refractivity contribution in [2.24, 2.45) is 0 Å². The van der Waals surface area contributed by atoms with Crippen LogP contribution in [0, 0.1) is 0 Å². The van der Waals surface area contributed by atoms with Gasteiger partial charge in [-0.15, -0.1) is 11.8 Å². The van der Waals surface area contributed by atoms with Gasteiger partial charge in [-0.25, -0.2) is 4.79 Å². The fourth-order valence-electron chi connectivity index (χ4n) is 1.72. The quantitative estimate of drug-likeness (QED) is 0.534. The number of nitrogens with zero attached hydrogens (tertiary/aromatic N) is 1. The molecule has 1 N–H and O–H groups in total. The van der Waals surface area contributed by atoms with Crippen LogP contribution in [-0.4, -0.2) is 33.8 Å². The number of β-lactam (4-membered cyclic amide) rings is 1. The van der Waals surface area contributed by atoms with Crippen molar-refractivity contribution in [3.8, 4) is 0 Å². The summed E-state index contributed by atoms with van der Waals surface area (Å²) >= 11 is 1.62. The van der Waals surface area contributed by atoms with Crippen LogP contribution in [0.15, 0.2) is 11.3 Å². The zero-order valence-electron chi connectivity index (χ0n) is 9.48. The van der Waals surface area contributed by atoms with Crippen LogP contribution in [0.1, 0.15) is 20.3 Å². The van der Waals surface area contributed by atoms with Gasteiger partial charge >= 0.3 is 5.97 Å². The van der Waals surface area contributed by atoms with E-state index >= 15 is 0 Å². The first-order chi connectivity index (χ1) is 8.00. The summed E-state index contributed by atoms with van der Waals surface area (Å²) in [5, 5.41) is 0.0334. The van der Waals surface area contributed by atoms with Gasteiger partial charge in [-0.05, 0) is 12.5 Å². The van der Waals surface area contributed by atoms with Gasteiger partial charge in [0.1, 0.15) is 5.70 Å². The Kier molecular flexibility index (Phi) is 3.10. The molecular weight excluding hydrogens is 244 g/mol. The van der Waals surface area contributed by atoms with Crippen molar-refractivity contribution in [1.29, 1.82) is 0 Å². The molecule has 0 aromatic carbocycles. The minimum absolute atomic E-state index is 0.0334. The molecule has 7 heteroatoms.